The Morgan fingerprint density at radius 3 is 2.78 bits per heavy atom. The van der Waals surface area contributed by atoms with Crippen LogP contribution >= 0.6 is 0 Å². The number of para-hydroxylation sites is 1. The van der Waals surface area contributed by atoms with Gasteiger partial charge in [-0.25, -0.2) is 0 Å². The number of carbonyl (C=O) groups is 1. The predicted octanol–water partition coefficient (Wildman–Crippen LogP) is 3.15. The number of aryl methyl sites for hydroxylation is 1. The molecule has 1 aromatic carbocycles. The fourth-order valence-electron chi connectivity index (χ4n) is 3.38. The standard InChI is InChI=1S/C19H25N3O/c1-3-13-22(16-9-11-20-12-10-16)19(23)17-6-4-5-15-8-7-14(2)21-18(15)17/h4-8,16,20H,3,9-13H2,1-2H3. The minimum atomic E-state index is 0.127. The third kappa shape index (κ3) is 3.37. The maximum atomic E-state index is 13.2. The molecule has 4 heteroatoms. The average Bonchev–Trinajstić information content (AvgIpc) is 2.59. The number of fused-ring (bicyclic) bond motifs is 1. The number of carbonyl (C=O) groups excluding carboxylic acids is 1. The van der Waals surface area contributed by atoms with Gasteiger partial charge < -0.3 is 10.2 Å². The maximum Gasteiger partial charge on any atom is 0.256 e. The second-order valence-corrected chi connectivity index (χ2v) is 6.31. The number of piperidine rings is 1. The molecule has 0 atom stereocenters. The molecule has 1 amide bonds. The molecule has 0 radical (unpaired) electrons. The van der Waals surface area contributed by atoms with Crippen molar-refractivity contribution >= 4 is 16.8 Å². The molecule has 1 aromatic heterocycles. The Bertz CT molecular complexity index is 692. The Kier molecular flexibility index (Phi) is 4.91. The van der Waals surface area contributed by atoms with Crippen molar-refractivity contribution in [2.24, 2.45) is 0 Å². The van der Waals surface area contributed by atoms with Crippen molar-refractivity contribution in [3.05, 3.63) is 41.6 Å². The quantitative estimate of drug-likeness (QED) is 0.943. The van der Waals surface area contributed by atoms with Crippen molar-refractivity contribution < 1.29 is 4.79 Å². The van der Waals surface area contributed by atoms with Gasteiger partial charge in [-0.05, 0) is 51.4 Å². The molecule has 1 aliphatic rings. The van der Waals surface area contributed by atoms with Gasteiger partial charge in [0.15, 0.2) is 0 Å². The summed E-state index contributed by atoms with van der Waals surface area (Å²) >= 11 is 0. The number of pyridine rings is 1. The summed E-state index contributed by atoms with van der Waals surface area (Å²) in [5, 5.41) is 4.41. The Balaban J connectivity index is 1.97. The molecule has 1 fully saturated rings. The van der Waals surface area contributed by atoms with Crippen molar-refractivity contribution in [1.82, 2.24) is 15.2 Å². The Hall–Kier alpha value is -1.94. The van der Waals surface area contributed by atoms with Crippen LogP contribution < -0.4 is 5.32 Å². The van der Waals surface area contributed by atoms with Crippen molar-refractivity contribution in [2.75, 3.05) is 19.6 Å². The zero-order chi connectivity index (χ0) is 16.2. The van der Waals surface area contributed by atoms with Gasteiger partial charge in [-0.1, -0.05) is 25.1 Å². The molecule has 0 spiro atoms. The van der Waals surface area contributed by atoms with Gasteiger partial charge >= 0.3 is 0 Å². The van der Waals surface area contributed by atoms with Crippen molar-refractivity contribution in [1.29, 1.82) is 0 Å². The highest BCUT2D eigenvalue weighted by molar-refractivity contribution is 6.05. The highest BCUT2D eigenvalue weighted by Crippen LogP contribution is 2.22. The summed E-state index contributed by atoms with van der Waals surface area (Å²) in [5.41, 5.74) is 2.51. The van der Waals surface area contributed by atoms with Gasteiger partial charge in [-0.15, -0.1) is 0 Å². The van der Waals surface area contributed by atoms with Crippen LogP contribution in [0.4, 0.5) is 0 Å². The number of hydrogen-bond donors (Lipinski definition) is 1. The molecule has 3 rings (SSSR count). The van der Waals surface area contributed by atoms with Crippen molar-refractivity contribution in [3.8, 4) is 0 Å². The summed E-state index contributed by atoms with van der Waals surface area (Å²) in [7, 11) is 0. The minimum absolute atomic E-state index is 0.127. The molecule has 122 valence electrons. The van der Waals surface area contributed by atoms with E-state index in [0.717, 1.165) is 61.1 Å². The lowest BCUT2D eigenvalue weighted by atomic mass is 10.0. The number of rotatable bonds is 4. The van der Waals surface area contributed by atoms with Gasteiger partial charge in [0, 0.05) is 23.7 Å². The van der Waals surface area contributed by atoms with E-state index in [0.29, 0.717) is 6.04 Å². The monoisotopic (exact) mass is 311 g/mol. The van der Waals surface area contributed by atoms with E-state index >= 15 is 0 Å². The number of nitrogens with one attached hydrogen (secondary N) is 1. The van der Waals surface area contributed by atoms with Crippen LogP contribution in [0.5, 0.6) is 0 Å². The first kappa shape index (κ1) is 15.9. The summed E-state index contributed by atoms with van der Waals surface area (Å²) < 4.78 is 0. The van der Waals surface area contributed by atoms with Crippen LogP contribution in [0.15, 0.2) is 30.3 Å². The van der Waals surface area contributed by atoms with E-state index in [4.69, 9.17) is 0 Å². The largest absolute Gasteiger partial charge is 0.336 e. The topological polar surface area (TPSA) is 45.2 Å². The van der Waals surface area contributed by atoms with Crippen LogP contribution in [0, 0.1) is 6.92 Å². The lowest BCUT2D eigenvalue weighted by molar-refractivity contribution is 0.0644. The Morgan fingerprint density at radius 2 is 2.04 bits per heavy atom. The first-order chi connectivity index (χ1) is 11.2. The van der Waals surface area contributed by atoms with Crippen molar-refractivity contribution in [2.45, 2.75) is 39.2 Å². The molecule has 1 N–H and O–H groups in total. The average molecular weight is 311 g/mol. The van der Waals surface area contributed by atoms with Crippen molar-refractivity contribution in [3.63, 3.8) is 0 Å². The fourth-order valence-corrected chi connectivity index (χ4v) is 3.38. The summed E-state index contributed by atoms with van der Waals surface area (Å²) in [6.45, 7) is 6.89. The number of aromatic nitrogens is 1. The Morgan fingerprint density at radius 1 is 1.26 bits per heavy atom. The molecule has 0 unspecified atom stereocenters. The van der Waals surface area contributed by atoms with E-state index in [1.54, 1.807) is 0 Å². The zero-order valence-electron chi connectivity index (χ0n) is 14.0. The van der Waals surface area contributed by atoms with Crippen LogP contribution in [0.3, 0.4) is 0 Å². The molecule has 0 bridgehead atoms. The zero-order valence-corrected chi connectivity index (χ0v) is 14.0. The van der Waals surface area contributed by atoms with Gasteiger partial charge in [0.25, 0.3) is 5.91 Å². The molecule has 23 heavy (non-hydrogen) atoms. The van der Waals surface area contributed by atoms with Gasteiger partial charge in [0.2, 0.25) is 0 Å². The molecule has 1 saturated heterocycles. The first-order valence-electron chi connectivity index (χ1n) is 8.58. The second kappa shape index (κ2) is 7.09. The molecule has 0 aliphatic carbocycles. The van der Waals surface area contributed by atoms with E-state index in [2.05, 4.69) is 22.1 Å². The Labute approximate surface area is 137 Å². The van der Waals surface area contributed by atoms with E-state index in [1.165, 1.54) is 0 Å². The SMILES string of the molecule is CCCN(C(=O)c1cccc2ccc(C)nc12)C1CCNCC1. The van der Waals surface area contributed by atoms with Crippen LogP contribution in [-0.2, 0) is 0 Å². The molecule has 1 aliphatic heterocycles. The molecular weight excluding hydrogens is 286 g/mol. The van der Waals surface area contributed by atoms with Gasteiger partial charge in [0.1, 0.15) is 0 Å². The summed E-state index contributed by atoms with van der Waals surface area (Å²) in [6.07, 6.45) is 3.04. The smallest absolute Gasteiger partial charge is 0.256 e. The van der Waals surface area contributed by atoms with E-state index < -0.39 is 0 Å². The molecule has 2 heterocycles. The summed E-state index contributed by atoms with van der Waals surface area (Å²) in [6, 6.07) is 10.3. The van der Waals surface area contributed by atoms with Crippen LogP contribution in [-0.4, -0.2) is 41.5 Å². The number of benzene rings is 1. The highest BCUT2D eigenvalue weighted by Gasteiger charge is 2.26. The lowest BCUT2D eigenvalue weighted by Gasteiger charge is -2.34. The van der Waals surface area contributed by atoms with Gasteiger partial charge in [-0.2, -0.15) is 0 Å². The number of hydrogen-bond acceptors (Lipinski definition) is 3. The summed E-state index contributed by atoms with van der Waals surface area (Å²) in [4.78, 5) is 19.9. The number of nitrogens with zero attached hydrogens (tertiary/aromatic N) is 2. The third-order valence-corrected chi connectivity index (χ3v) is 4.56. The third-order valence-electron chi connectivity index (χ3n) is 4.56. The first-order valence-corrected chi connectivity index (χ1v) is 8.58. The predicted molar refractivity (Wildman–Crippen MR) is 93.7 cm³/mol. The van der Waals surface area contributed by atoms with E-state index in [-0.39, 0.29) is 5.91 Å². The molecule has 2 aromatic rings. The van der Waals surface area contributed by atoms with E-state index in [1.807, 2.05) is 37.3 Å². The minimum Gasteiger partial charge on any atom is -0.336 e. The lowest BCUT2D eigenvalue weighted by Crippen LogP contribution is -2.46. The van der Waals surface area contributed by atoms with Crippen LogP contribution in [0.1, 0.15) is 42.2 Å². The molecule has 0 saturated carbocycles. The highest BCUT2D eigenvalue weighted by atomic mass is 16.2. The molecule has 4 nitrogen and oxygen atoms in total. The van der Waals surface area contributed by atoms with E-state index in [9.17, 15) is 4.79 Å². The number of amides is 1. The summed E-state index contributed by atoms with van der Waals surface area (Å²) in [5.74, 6) is 0.127. The normalized spacial score (nSPS) is 15.7. The van der Waals surface area contributed by atoms with Crippen LogP contribution in [0.2, 0.25) is 0 Å². The fraction of sp³-hybridized carbons (Fsp3) is 0.474. The molecular formula is C19H25N3O. The maximum absolute atomic E-state index is 13.2. The van der Waals surface area contributed by atoms with Gasteiger partial charge in [-0.3, -0.25) is 9.78 Å². The van der Waals surface area contributed by atoms with Crippen LogP contribution in [0.25, 0.3) is 10.9 Å². The van der Waals surface area contributed by atoms with Gasteiger partial charge in [0.05, 0.1) is 11.1 Å². The second-order valence-electron chi connectivity index (χ2n) is 6.31.